The van der Waals surface area contributed by atoms with Crippen LogP contribution in [0.3, 0.4) is 0 Å². The Kier molecular flexibility index (Phi) is 1.85. The molecule has 0 bridgehead atoms. The lowest BCUT2D eigenvalue weighted by Crippen LogP contribution is -2.00. The molecular weight excluding hydrogens is 182 g/mol. The fourth-order valence-electron chi connectivity index (χ4n) is 1.20. The van der Waals surface area contributed by atoms with Gasteiger partial charge in [0.05, 0.1) is 7.11 Å². The number of nitrogens with zero attached hydrogens (tertiary/aromatic N) is 2. The Morgan fingerprint density at radius 1 is 1.64 bits per heavy atom. The Hall–Kier alpha value is -2.04. The Morgan fingerprint density at radius 3 is 3.14 bits per heavy atom. The maximum atomic E-state index is 11.1. The maximum Gasteiger partial charge on any atom is 0.358 e. The number of pyridine rings is 1. The lowest BCUT2D eigenvalue weighted by molar-refractivity contribution is 0.0595. The van der Waals surface area contributed by atoms with Crippen molar-refractivity contribution in [3.05, 3.63) is 30.2 Å². The Morgan fingerprint density at radius 2 is 2.43 bits per heavy atom. The van der Waals surface area contributed by atoms with Crippen LogP contribution in [0.4, 0.5) is 5.69 Å². The molecule has 0 aliphatic rings. The number of rotatable bonds is 1. The van der Waals surface area contributed by atoms with Crippen molar-refractivity contribution in [2.24, 2.45) is 0 Å². The van der Waals surface area contributed by atoms with Gasteiger partial charge in [0.2, 0.25) is 0 Å². The molecule has 2 rings (SSSR count). The van der Waals surface area contributed by atoms with E-state index in [1.807, 2.05) is 0 Å². The van der Waals surface area contributed by atoms with E-state index in [1.165, 1.54) is 7.11 Å². The highest BCUT2D eigenvalue weighted by molar-refractivity contribution is 5.87. The van der Waals surface area contributed by atoms with E-state index in [0.717, 1.165) is 0 Å². The molecular formula is C9H9N3O2. The zero-order valence-electron chi connectivity index (χ0n) is 7.60. The highest BCUT2D eigenvalue weighted by Gasteiger charge is 2.09. The van der Waals surface area contributed by atoms with Crippen molar-refractivity contribution in [1.82, 2.24) is 9.38 Å². The van der Waals surface area contributed by atoms with E-state index in [1.54, 1.807) is 28.9 Å². The first kappa shape index (κ1) is 8.55. The van der Waals surface area contributed by atoms with E-state index in [9.17, 15) is 4.79 Å². The summed E-state index contributed by atoms with van der Waals surface area (Å²) in [4.78, 5) is 15.2. The molecule has 2 N–H and O–H groups in total. The molecule has 2 heterocycles. The molecule has 0 radical (unpaired) electrons. The standard InChI is InChI=1S/C9H9N3O2/c1-14-9(13)7-5-12-3-2-6(10)4-8(12)11-7/h2-5H,10H2,1H3. The minimum Gasteiger partial charge on any atom is -0.464 e. The number of fused-ring (bicyclic) bond motifs is 1. The molecule has 0 aliphatic carbocycles. The van der Waals surface area contributed by atoms with Crippen LogP contribution in [0.25, 0.3) is 5.65 Å². The predicted molar refractivity (Wildman–Crippen MR) is 50.9 cm³/mol. The number of ether oxygens (including phenoxy) is 1. The van der Waals surface area contributed by atoms with Gasteiger partial charge in [0.1, 0.15) is 5.65 Å². The Bertz CT molecular complexity index is 490. The molecule has 0 fully saturated rings. The van der Waals surface area contributed by atoms with E-state index in [0.29, 0.717) is 11.3 Å². The predicted octanol–water partition coefficient (Wildman–Crippen LogP) is 0.703. The van der Waals surface area contributed by atoms with Gasteiger partial charge in [-0.2, -0.15) is 0 Å². The number of methoxy groups -OCH3 is 1. The molecule has 0 aliphatic heterocycles. The maximum absolute atomic E-state index is 11.1. The second-order valence-electron chi connectivity index (χ2n) is 2.84. The number of carbonyl (C=O) groups is 1. The van der Waals surface area contributed by atoms with Gasteiger partial charge in [-0.05, 0) is 6.07 Å². The average molecular weight is 191 g/mol. The summed E-state index contributed by atoms with van der Waals surface area (Å²) in [6, 6.07) is 3.42. The first-order valence-electron chi connectivity index (χ1n) is 4.03. The molecule has 0 aromatic carbocycles. The largest absolute Gasteiger partial charge is 0.464 e. The summed E-state index contributed by atoms with van der Waals surface area (Å²) in [5.41, 5.74) is 7.09. The fraction of sp³-hybridized carbons (Fsp3) is 0.111. The smallest absolute Gasteiger partial charge is 0.358 e. The van der Waals surface area contributed by atoms with Gasteiger partial charge in [-0.15, -0.1) is 0 Å². The van der Waals surface area contributed by atoms with Gasteiger partial charge >= 0.3 is 5.97 Å². The molecule has 0 saturated heterocycles. The van der Waals surface area contributed by atoms with Crippen LogP contribution in [0.15, 0.2) is 24.5 Å². The summed E-state index contributed by atoms with van der Waals surface area (Å²) in [5.74, 6) is -0.452. The third kappa shape index (κ3) is 1.28. The summed E-state index contributed by atoms with van der Waals surface area (Å²) in [7, 11) is 1.32. The molecule has 0 saturated carbocycles. The second kappa shape index (κ2) is 3.02. The van der Waals surface area contributed by atoms with Crippen LogP contribution >= 0.6 is 0 Å². The molecule has 2 aromatic rings. The van der Waals surface area contributed by atoms with E-state index in [4.69, 9.17) is 5.73 Å². The van der Waals surface area contributed by atoms with Crippen LogP contribution in [-0.4, -0.2) is 22.5 Å². The fourth-order valence-corrected chi connectivity index (χ4v) is 1.20. The summed E-state index contributed by atoms with van der Waals surface area (Å²) < 4.78 is 6.26. The molecule has 5 heteroatoms. The lowest BCUT2D eigenvalue weighted by atomic mass is 10.4. The second-order valence-corrected chi connectivity index (χ2v) is 2.84. The molecule has 14 heavy (non-hydrogen) atoms. The van der Waals surface area contributed by atoms with Crippen LogP contribution in [0.2, 0.25) is 0 Å². The number of hydrogen-bond acceptors (Lipinski definition) is 4. The Balaban J connectivity index is 2.56. The van der Waals surface area contributed by atoms with Gasteiger partial charge in [0.15, 0.2) is 5.69 Å². The van der Waals surface area contributed by atoms with Gasteiger partial charge in [0.25, 0.3) is 0 Å². The molecule has 0 amide bonds. The molecule has 0 spiro atoms. The summed E-state index contributed by atoms with van der Waals surface area (Å²) in [5, 5.41) is 0. The normalized spacial score (nSPS) is 10.4. The van der Waals surface area contributed by atoms with Gasteiger partial charge in [-0.25, -0.2) is 9.78 Å². The lowest BCUT2D eigenvalue weighted by Gasteiger charge is -1.92. The monoisotopic (exact) mass is 191 g/mol. The quantitative estimate of drug-likeness (QED) is 0.674. The first-order valence-corrected chi connectivity index (χ1v) is 4.03. The van der Waals surface area contributed by atoms with Gasteiger partial charge in [-0.1, -0.05) is 0 Å². The van der Waals surface area contributed by atoms with Gasteiger partial charge in [0, 0.05) is 24.1 Å². The zero-order chi connectivity index (χ0) is 10.1. The van der Waals surface area contributed by atoms with Gasteiger partial charge < -0.3 is 14.9 Å². The van der Waals surface area contributed by atoms with Crippen LogP contribution < -0.4 is 5.73 Å². The molecule has 72 valence electrons. The highest BCUT2D eigenvalue weighted by Crippen LogP contribution is 2.09. The molecule has 0 atom stereocenters. The van der Waals surface area contributed by atoms with Crippen molar-refractivity contribution >= 4 is 17.3 Å². The third-order valence-electron chi connectivity index (χ3n) is 1.88. The summed E-state index contributed by atoms with van der Waals surface area (Å²) in [6.07, 6.45) is 3.34. The molecule has 5 nitrogen and oxygen atoms in total. The minimum atomic E-state index is -0.452. The van der Waals surface area contributed by atoms with Gasteiger partial charge in [-0.3, -0.25) is 0 Å². The van der Waals surface area contributed by atoms with E-state index in [2.05, 4.69) is 9.72 Å². The van der Waals surface area contributed by atoms with Crippen molar-refractivity contribution in [1.29, 1.82) is 0 Å². The third-order valence-corrected chi connectivity index (χ3v) is 1.88. The SMILES string of the molecule is COC(=O)c1cn2ccc(N)cc2n1. The average Bonchev–Trinajstić information content (AvgIpc) is 2.59. The van der Waals surface area contributed by atoms with Crippen molar-refractivity contribution in [2.45, 2.75) is 0 Å². The zero-order valence-corrected chi connectivity index (χ0v) is 7.60. The summed E-state index contributed by atoms with van der Waals surface area (Å²) >= 11 is 0. The number of carbonyl (C=O) groups excluding carboxylic acids is 1. The minimum absolute atomic E-state index is 0.276. The first-order chi connectivity index (χ1) is 6.70. The van der Waals surface area contributed by atoms with Crippen LogP contribution in [0.5, 0.6) is 0 Å². The Labute approximate surface area is 80.1 Å². The molecule has 2 aromatic heterocycles. The van der Waals surface area contributed by atoms with Crippen LogP contribution in [0, 0.1) is 0 Å². The number of imidazole rings is 1. The number of aromatic nitrogens is 2. The number of nitrogen functional groups attached to an aromatic ring is 1. The topological polar surface area (TPSA) is 69.6 Å². The van der Waals surface area contributed by atoms with Crippen LogP contribution in [-0.2, 0) is 4.74 Å². The number of anilines is 1. The van der Waals surface area contributed by atoms with E-state index < -0.39 is 5.97 Å². The number of nitrogens with two attached hydrogens (primary N) is 1. The number of esters is 1. The van der Waals surface area contributed by atoms with Crippen LogP contribution in [0.1, 0.15) is 10.5 Å². The van der Waals surface area contributed by atoms with E-state index in [-0.39, 0.29) is 5.69 Å². The molecule has 0 unspecified atom stereocenters. The highest BCUT2D eigenvalue weighted by atomic mass is 16.5. The van der Waals surface area contributed by atoms with Crippen molar-refractivity contribution in [3.63, 3.8) is 0 Å². The van der Waals surface area contributed by atoms with Crippen molar-refractivity contribution in [3.8, 4) is 0 Å². The number of hydrogen-bond donors (Lipinski definition) is 1. The van der Waals surface area contributed by atoms with E-state index >= 15 is 0 Å². The van der Waals surface area contributed by atoms with Crippen molar-refractivity contribution in [2.75, 3.05) is 12.8 Å². The van der Waals surface area contributed by atoms with Crippen molar-refractivity contribution < 1.29 is 9.53 Å². The summed E-state index contributed by atoms with van der Waals surface area (Å²) in [6.45, 7) is 0.